The fraction of sp³-hybridized carbons (Fsp3) is 0.708. The molecule has 228 valence electrons. The number of thiocarbonyl (C=S) groups is 1. The average Bonchev–Trinajstić information content (AvgIpc) is 2.88. The summed E-state index contributed by atoms with van der Waals surface area (Å²) in [4.78, 5) is 74.1. The quantitative estimate of drug-likeness (QED) is 0.0584. The molecule has 0 radical (unpaired) electrons. The molecule has 0 aliphatic carbocycles. The fourth-order valence-electron chi connectivity index (χ4n) is 3.37. The lowest BCUT2D eigenvalue weighted by molar-refractivity contribution is -0.143. The first-order valence-electron chi connectivity index (χ1n) is 12.9. The lowest BCUT2D eigenvalue weighted by atomic mass is 9.99. The molecule has 0 aromatic rings. The SMILES string of the molecule is CC[C@H](C)[C@H](NC(=O)[C@H](C)NC(=O)[C@H](CCCCNC(C)=S)NC(=O)[C@H](CC(=O)O)NC(=O)[C@@H](N)CO)C(=O)O. The van der Waals surface area contributed by atoms with E-state index in [-0.39, 0.29) is 12.3 Å². The topological polar surface area (TPSA) is 249 Å². The van der Waals surface area contributed by atoms with Gasteiger partial charge in [0.25, 0.3) is 0 Å². The van der Waals surface area contributed by atoms with Crippen LogP contribution in [0.3, 0.4) is 0 Å². The molecule has 16 heteroatoms. The van der Waals surface area contributed by atoms with E-state index in [1.807, 2.05) is 0 Å². The molecule has 0 saturated carbocycles. The highest BCUT2D eigenvalue weighted by molar-refractivity contribution is 7.80. The van der Waals surface area contributed by atoms with Gasteiger partial charge in [-0.15, -0.1) is 0 Å². The van der Waals surface area contributed by atoms with E-state index in [2.05, 4.69) is 26.6 Å². The van der Waals surface area contributed by atoms with Gasteiger partial charge in [0.15, 0.2) is 0 Å². The van der Waals surface area contributed by atoms with E-state index < -0.39 is 78.8 Å². The Hall–Kier alpha value is -3.37. The Morgan fingerprint density at radius 1 is 0.850 bits per heavy atom. The Labute approximate surface area is 238 Å². The van der Waals surface area contributed by atoms with E-state index >= 15 is 0 Å². The maximum Gasteiger partial charge on any atom is 0.326 e. The van der Waals surface area contributed by atoms with Crippen LogP contribution in [-0.2, 0) is 28.8 Å². The van der Waals surface area contributed by atoms with Crippen molar-refractivity contribution in [3.05, 3.63) is 0 Å². The summed E-state index contributed by atoms with van der Waals surface area (Å²) in [6.07, 6.45) is 0.709. The number of carbonyl (C=O) groups is 6. The number of rotatable bonds is 19. The number of nitrogens with two attached hydrogens (primary N) is 1. The van der Waals surface area contributed by atoms with Crippen molar-refractivity contribution in [2.24, 2.45) is 11.7 Å². The third-order valence-electron chi connectivity index (χ3n) is 6.00. The van der Waals surface area contributed by atoms with Crippen LogP contribution in [0.15, 0.2) is 0 Å². The molecule has 0 rings (SSSR count). The number of nitrogens with one attached hydrogen (secondary N) is 5. The van der Waals surface area contributed by atoms with Crippen molar-refractivity contribution in [1.29, 1.82) is 0 Å². The number of aliphatic hydroxyl groups is 1. The van der Waals surface area contributed by atoms with E-state index in [1.165, 1.54) is 6.92 Å². The molecule has 0 aromatic heterocycles. The van der Waals surface area contributed by atoms with Crippen molar-refractivity contribution in [2.45, 2.75) is 90.0 Å². The molecule has 0 aromatic carbocycles. The van der Waals surface area contributed by atoms with Gasteiger partial charge in [0.1, 0.15) is 30.2 Å². The fourth-order valence-corrected chi connectivity index (χ4v) is 3.47. The van der Waals surface area contributed by atoms with Crippen molar-refractivity contribution in [1.82, 2.24) is 26.6 Å². The molecule has 0 heterocycles. The second-order valence-corrected chi connectivity index (χ2v) is 10.0. The molecule has 0 bridgehead atoms. The molecule has 0 fully saturated rings. The molecule has 0 aliphatic rings. The van der Waals surface area contributed by atoms with Gasteiger partial charge in [-0.2, -0.15) is 0 Å². The third-order valence-corrected chi connectivity index (χ3v) is 6.14. The Morgan fingerprint density at radius 3 is 1.93 bits per heavy atom. The van der Waals surface area contributed by atoms with Gasteiger partial charge in [0.2, 0.25) is 23.6 Å². The van der Waals surface area contributed by atoms with Crippen LogP contribution in [0.4, 0.5) is 0 Å². The van der Waals surface area contributed by atoms with Gasteiger partial charge in [-0.1, -0.05) is 32.5 Å². The lowest BCUT2D eigenvalue weighted by Gasteiger charge is -2.25. The number of carbonyl (C=O) groups excluding carboxylic acids is 4. The number of amides is 4. The minimum Gasteiger partial charge on any atom is -0.481 e. The van der Waals surface area contributed by atoms with Crippen molar-refractivity contribution < 1.29 is 44.1 Å². The molecule has 0 saturated heterocycles. The van der Waals surface area contributed by atoms with Gasteiger partial charge in [-0.3, -0.25) is 24.0 Å². The molecule has 40 heavy (non-hydrogen) atoms. The van der Waals surface area contributed by atoms with Gasteiger partial charge in [-0.05, 0) is 39.0 Å². The van der Waals surface area contributed by atoms with Crippen LogP contribution in [0.1, 0.15) is 59.8 Å². The van der Waals surface area contributed by atoms with Gasteiger partial charge >= 0.3 is 11.9 Å². The van der Waals surface area contributed by atoms with E-state index in [1.54, 1.807) is 20.8 Å². The van der Waals surface area contributed by atoms with E-state index in [9.17, 15) is 39.0 Å². The summed E-state index contributed by atoms with van der Waals surface area (Å²) in [7, 11) is 0. The number of unbranched alkanes of at least 4 members (excludes halogenated alkanes) is 1. The maximum absolute atomic E-state index is 13.1. The molecule has 15 nitrogen and oxygen atoms in total. The summed E-state index contributed by atoms with van der Waals surface area (Å²) < 4.78 is 0. The van der Waals surface area contributed by atoms with Crippen LogP contribution in [0, 0.1) is 5.92 Å². The number of aliphatic carboxylic acids is 2. The molecule has 10 N–H and O–H groups in total. The molecule has 4 amide bonds. The Kier molecular flexibility index (Phi) is 17.2. The summed E-state index contributed by atoms with van der Waals surface area (Å²) in [5.74, 6) is -6.50. The number of carboxylic acid groups (broad SMARTS) is 2. The van der Waals surface area contributed by atoms with Crippen molar-refractivity contribution in [3.63, 3.8) is 0 Å². The Morgan fingerprint density at radius 2 is 1.43 bits per heavy atom. The highest BCUT2D eigenvalue weighted by Gasteiger charge is 2.32. The average molecular weight is 591 g/mol. The largest absolute Gasteiger partial charge is 0.481 e. The van der Waals surface area contributed by atoms with Gasteiger partial charge in [0, 0.05) is 6.54 Å². The van der Waals surface area contributed by atoms with E-state index in [0.717, 1.165) is 0 Å². The standard InChI is InChI=1S/C24H42N6O9S/c1-5-12(2)19(24(38)39)30-20(34)13(3)27-22(36)16(8-6-7-9-26-14(4)40)28-23(37)17(10-18(32)33)29-21(35)15(25)11-31/h12-13,15-17,19,31H,5-11,25H2,1-4H3,(H,26,40)(H,27,36)(H,28,37)(H,29,35)(H,30,34)(H,32,33)(H,38,39)/t12-,13-,15-,16-,17-,19-/m0/s1. The second-order valence-electron chi connectivity index (χ2n) is 9.43. The zero-order valence-electron chi connectivity index (χ0n) is 23.2. The molecular weight excluding hydrogens is 548 g/mol. The minimum absolute atomic E-state index is 0.0819. The first kappa shape index (κ1) is 36.6. The van der Waals surface area contributed by atoms with Gasteiger partial charge in [-0.25, -0.2) is 4.79 Å². The number of hydrogen-bond donors (Lipinski definition) is 9. The van der Waals surface area contributed by atoms with Crippen molar-refractivity contribution in [3.8, 4) is 0 Å². The summed E-state index contributed by atoms with van der Waals surface area (Å²) in [5.41, 5.74) is 5.43. The number of carboxylic acids is 2. The van der Waals surface area contributed by atoms with E-state index in [0.29, 0.717) is 30.8 Å². The van der Waals surface area contributed by atoms with Crippen LogP contribution in [0.2, 0.25) is 0 Å². The van der Waals surface area contributed by atoms with Crippen LogP contribution < -0.4 is 32.3 Å². The second kappa shape index (κ2) is 18.8. The Balaban J connectivity index is 5.64. The summed E-state index contributed by atoms with van der Waals surface area (Å²) in [6.45, 7) is 6.23. The van der Waals surface area contributed by atoms with E-state index in [4.69, 9.17) is 23.1 Å². The van der Waals surface area contributed by atoms with Gasteiger partial charge < -0.3 is 47.6 Å². The highest BCUT2D eigenvalue weighted by Crippen LogP contribution is 2.09. The zero-order valence-corrected chi connectivity index (χ0v) is 24.0. The molecular formula is C24H42N6O9S. The summed E-state index contributed by atoms with van der Waals surface area (Å²) in [6, 6.07) is -6.58. The van der Waals surface area contributed by atoms with Crippen LogP contribution in [0.25, 0.3) is 0 Å². The number of hydrogen-bond acceptors (Lipinski definition) is 9. The first-order valence-corrected chi connectivity index (χ1v) is 13.3. The normalized spacial score (nSPS) is 15.2. The molecule has 0 spiro atoms. The minimum atomic E-state index is -1.61. The molecule has 6 atom stereocenters. The summed E-state index contributed by atoms with van der Waals surface area (Å²) >= 11 is 4.95. The predicted octanol–water partition coefficient (Wildman–Crippen LogP) is -2.02. The maximum atomic E-state index is 13.1. The van der Waals surface area contributed by atoms with Crippen LogP contribution in [0.5, 0.6) is 0 Å². The molecule has 0 unspecified atom stereocenters. The number of aliphatic hydroxyl groups excluding tert-OH is 1. The third kappa shape index (κ3) is 14.1. The highest BCUT2D eigenvalue weighted by atomic mass is 32.1. The Bertz CT molecular complexity index is 919. The molecule has 0 aliphatic heterocycles. The summed E-state index contributed by atoms with van der Waals surface area (Å²) in [5, 5.41) is 40.0. The zero-order chi connectivity index (χ0) is 31.0. The smallest absolute Gasteiger partial charge is 0.326 e. The first-order chi connectivity index (χ1) is 18.6. The lowest BCUT2D eigenvalue weighted by Crippen LogP contribution is -2.58. The van der Waals surface area contributed by atoms with Crippen molar-refractivity contribution >= 4 is 52.8 Å². The monoisotopic (exact) mass is 590 g/mol. The van der Waals surface area contributed by atoms with Crippen molar-refractivity contribution in [2.75, 3.05) is 13.2 Å². The van der Waals surface area contributed by atoms with Crippen LogP contribution >= 0.6 is 12.2 Å². The predicted molar refractivity (Wildman–Crippen MR) is 148 cm³/mol. The van der Waals surface area contributed by atoms with Crippen LogP contribution in [-0.4, -0.2) is 99.2 Å². The van der Waals surface area contributed by atoms with Gasteiger partial charge in [0.05, 0.1) is 18.0 Å².